The number of nitrogens with zero attached hydrogens (tertiary/aromatic N) is 4. The number of imidazole rings is 2. The van der Waals surface area contributed by atoms with E-state index in [1.54, 1.807) is 0 Å². The van der Waals surface area contributed by atoms with Crippen molar-refractivity contribution in [2.45, 2.75) is 58.9 Å². The highest BCUT2D eigenvalue weighted by atomic mass is 35.5. The van der Waals surface area contributed by atoms with Crippen molar-refractivity contribution in [1.82, 2.24) is 18.9 Å². The molecular formula is C23H25ClF6N4. The van der Waals surface area contributed by atoms with Crippen LogP contribution in [-0.4, -0.2) is 38.1 Å². The van der Waals surface area contributed by atoms with Crippen LogP contribution in [0.3, 0.4) is 0 Å². The third-order valence-corrected chi connectivity index (χ3v) is 6.33. The second-order valence-electron chi connectivity index (χ2n) is 9.15. The van der Waals surface area contributed by atoms with E-state index in [-0.39, 0.29) is 35.6 Å². The molecule has 0 radical (unpaired) electrons. The van der Waals surface area contributed by atoms with Crippen molar-refractivity contribution in [2.75, 3.05) is 13.1 Å². The van der Waals surface area contributed by atoms with Crippen LogP contribution < -0.4 is 0 Å². The number of hydrogen-bond donors (Lipinski definition) is 0. The maximum atomic E-state index is 14.0. The monoisotopic (exact) mass is 506 g/mol. The molecule has 4 nitrogen and oxygen atoms in total. The van der Waals surface area contributed by atoms with Crippen LogP contribution in [0, 0.1) is 26.7 Å². The summed E-state index contributed by atoms with van der Waals surface area (Å²) >= 11 is 6.48. The molecule has 1 aromatic carbocycles. The topological polar surface area (TPSA) is 25.5 Å². The first-order valence-electron chi connectivity index (χ1n) is 11.0. The molecule has 0 aliphatic heterocycles. The Morgan fingerprint density at radius 1 is 1.06 bits per heavy atom. The zero-order valence-electron chi connectivity index (χ0n) is 19.0. The maximum Gasteiger partial charge on any atom is 0.435 e. The van der Waals surface area contributed by atoms with Crippen molar-refractivity contribution in [3.63, 3.8) is 0 Å². The highest BCUT2D eigenvalue weighted by Crippen LogP contribution is 2.37. The summed E-state index contributed by atoms with van der Waals surface area (Å²) in [5.41, 5.74) is 1.94. The molecule has 4 rings (SSSR count). The minimum atomic E-state index is -4.77. The van der Waals surface area contributed by atoms with Gasteiger partial charge in [0.25, 0.3) is 0 Å². The molecule has 0 bridgehead atoms. The summed E-state index contributed by atoms with van der Waals surface area (Å²) in [5.74, 6) is 0.182. The second-order valence-corrected chi connectivity index (χ2v) is 9.54. The van der Waals surface area contributed by atoms with Crippen molar-refractivity contribution in [1.29, 1.82) is 0 Å². The van der Waals surface area contributed by atoms with Crippen molar-refractivity contribution >= 4 is 17.4 Å². The van der Waals surface area contributed by atoms with Crippen LogP contribution in [0.15, 0.2) is 18.3 Å². The number of aromatic nitrogens is 3. The Bertz CT molecular complexity index is 1180. The van der Waals surface area contributed by atoms with Gasteiger partial charge in [-0.2, -0.15) is 26.3 Å². The fourth-order valence-corrected chi connectivity index (χ4v) is 4.77. The molecule has 0 saturated heterocycles. The Morgan fingerprint density at radius 2 is 1.68 bits per heavy atom. The second kappa shape index (κ2) is 8.78. The summed E-state index contributed by atoms with van der Waals surface area (Å²) in [6.07, 6.45) is -7.17. The van der Waals surface area contributed by atoms with E-state index in [2.05, 4.69) is 4.98 Å². The highest BCUT2D eigenvalue weighted by Gasteiger charge is 2.40. The van der Waals surface area contributed by atoms with Gasteiger partial charge in [-0.1, -0.05) is 29.3 Å². The van der Waals surface area contributed by atoms with Crippen LogP contribution in [0.4, 0.5) is 26.3 Å². The molecule has 3 aromatic rings. The average Bonchev–Trinajstić information content (AvgIpc) is 3.35. The zero-order valence-corrected chi connectivity index (χ0v) is 19.7. The summed E-state index contributed by atoms with van der Waals surface area (Å²) in [5, 5.41) is 0.163. The van der Waals surface area contributed by atoms with Gasteiger partial charge >= 0.3 is 12.4 Å². The van der Waals surface area contributed by atoms with Gasteiger partial charge in [0.05, 0.1) is 17.8 Å². The Kier molecular flexibility index (Phi) is 6.44. The van der Waals surface area contributed by atoms with Gasteiger partial charge in [0.1, 0.15) is 5.15 Å². The Balaban J connectivity index is 1.82. The van der Waals surface area contributed by atoms with Crippen LogP contribution in [0.5, 0.6) is 0 Å². The third kappa shape index (κ3) is 5.22. The minimum absolute atomic E-state index is 0.0235. The van der Waals surface area contributed by atoms with Crippen LogP contribution in [0.25, 0.3) is 11.5 Å². The van der Waals surface area contributed by atoms with Gasteiger partial charge < -0.3 is 0 Å². The average molecular weight is 507 g/mol. The zero-order chi connectivity index (χ0) is 25.0. The molecule has 11 heteroatoms. The number of hydrogen-bond acceptors (Lipinski definition) is 2. The van der Waals surface area contributed by atoms with Crippen molar-refractivity contribution in [3.8, 4) is 5.69 Å². The van der Waals surface area contributed by atoms with Crippen molar-refractivity contribution in [2.24, 2.45) is 5.92 Å². The molecule has 0 atom stereocenters. The van der Waals surface area contributed by atoms with Crippen LogP contribution in [0.2, 0.25) is 5.15 Å². The summed E-state index contributed by atoms with van der Waals surface area (Å²) in [7, 11) is 0. The lowest BCUT2D eigenvalue weighted by Gasteiger charge is -2.23. The molecule has 34 heavy (non-hydrogen) atoms. The Hall–Kier alpha value is -2.20. The first-order valence-corrected chi connectivity index (χ1v) is 11.3. The van der Waals surface area contributed by atoms with Gasteiger partial charge in [0, 0.05) is 25.8 Å². The molecule has 0 spiro atoms. The molecular weight excluding hydrogens is 482 g/mol. The van der Waals surface area contributed by atoms with E-state index in [1.165, 1.54) is 20.1 Å². The molecule has 186 valence electrons. The fourth-order valence-electron chi connectivity index (χ4n) is 4.51. The summed E-state index contributed by atoms with van der Waals surface area (Å²) in [6, 6.07) is 3.80. The van der Waals surface area contributed by atoms with E-state index >= 15 is 0 Å². The highest BCUT2D eigenvalue weighted by molar-refractivity contribution is 6.30. The SMILES string of the molecule is Cc1cc(C)c(-n2c(Cl)cn3c(CN(CCC(F)(F)F)CC4CC4)c(C(F)(F)F)nc23)c(C)c1. The Morgan fingerprint density at radius 3 is 2.21 bits per heavy atom. The standard InChI is InChI=1S/C23H25ClF6N4/c1-13-8-14(2)19(15(3)9-13)34-18(24)12-33-17(20(23(28,29)30)31-21(33)34)11-32(10-16-4-5-16)7-6-22(25,26)27/h8-9,12,16H,4-7,10-11H2,1-3H3. The van der Waals surface area contributed by atoms with Crippen molar-refractivity contribution < 1.29 is 26.3 Å². The number of alkyl halides is 6. The number of halogens is 7. The number of aryl methyl sites for hydroxylation is 3. The largest absolute Gasteiger partial charge is 0.435 e. The maximum absolute atomic E-state index is 14.0. The molecule has 1 aliphatic rings. The van der Waals surface area contributed by atoms with E-state index in [0.29, 0.717) is 12.2 Å². The summed E-state index contributed by atoms with van der Waals surface area (Å²) < 4.78 is 83.3. The van der Waals surface area contributed by atoms with E-state index in [4.69, 9.17) is 11.6 Å². The molecule has 1 aliphatic carbocycles. The van der Waals surface area contributed by atoms with Gasteiger partial charge in [-0.05, 0) is 50.7 Å². The van der Waals surface area contributed by atoms with E-state index in [0.717, 1.165) is 29.5 Å². The van der Waals surface area contributed by atoms with Gasteiger partial charge in [0.2, 0.25) is 5.78 Å². The Labute approximate surface area is 198 Å². The van der Waals surface area contributed by atoms with Gasteiger partial charge in [-0.3, -0.25) is 13.9 Å². The fraction of sp³-hybridized carbons (Fsp3) is 0.522. The lowest BCUT2D eigenvalue weighted by molar-refractivity contribution is -0.143. The number of benzene rings is 1. The van der Waals surface area contributed by atoms with Crippen LogP contribution >= 0.6 is 11.6 Å². The quantitative estimate of drug-likeness (QED) is 0.326. The van der Waals surface area contributed by atoms with Crippen LogP contribution in [-0.2, 0) is 12.7 Å². The minimum Gasteiger partial charge on any atom is -0.297 e. The molecule has 1 fully saturated rings. The summed E-state index contributed by atoms with van der Waals surface area (Å²) in [6.45, 7) is 5.22. The van der Waals surface area contributed by atoms with Gasteiger partial charge in [0.15, 0.2) is 5.69 Å². The van der Waals surface area contributed by atoms with E-state index in [9.17, 15) is 26.3 Å². The smallest absolute Gasteiger partial charge is 0.297 e. The van der Waals surface area contributed by atoms with Crippen LogP contribution in [0.1, 0.15) is 47.3 Å². The first-order chi connectivity index (χ1) is 15.7. The number of rotatable bonds is 7. The molecule has 0 N–H and O–H groups in total. The molecule has 2 heterocycles. The lowest BCUT2D eigenvalue weighted by Crippen LogP contribution is -2.31. The van der Waals surface area contributed by atoms with E-state index in [1.807, 2.05) is 32.9 Å². The predicted molar refractivity (Wildman–Crippen MR) is 117 cm³/mol. The first kappa shape index (κ1) is 24.9. The molecule has 1 saturated carbocycles. The van der Waals surface area contributed by atoms with Gasteiger partial charge in [-0.25, -0.2) is 4.98 Å². The lowest BCUT2D eigenvalue weighted by atomic mass is 10.1. The van der Waals surface area contributed by atoms with Gasteiger partial charge in [-0.15, -0.1) is 0 Å². The van der Waals surface area contributed by atoms with Crippen molar-refractivity contribution in [3.05, 3.63) is 51.6 Å². The summed E-state index contributed by atoms with van der Waals surface area (Å²) in [4.78, 5) is 5.35. The molecule has 2 aromatic heterocycles. The molecule has 0 amide bonds. The van der Waals surface area contributed by atoms with E-state index < -0.39 is 24.5 Å². The predicted octanol–water partition coefficient (Wildman–Crippen LogP) is 6.89. The third-order valence-electron chi connectivity index (χ3n) is 6.07. The number of fused-ring (bicyclic) bond motifs is 1. The molecule has 0 unspecified atom stereocenters. The normalized spacial score (nSPS) is 15.1.